The van der Waals surface area contributed by atoms with Crippen LogP contribution in [0.1, 0.15) is 20.8 Å². The van der Waals surface area contributed by atoms with Gasteiger partial charge in [0.15, 0.2) is 0 Å². The second-order valence-electron chi connectivity index (χ2n) is 8.74. The first kappa shape index (κ1) is 24.8. The number of carboxylic acid groups (broad SMARTS) is 2. The van der Waals surface area contributed by atoms with E-state index < -0.39 is 11.9 Å². The van der Waals surface area contributed by atoms with Crippen LogP contribution in [0.25, 0.3) is 0 Å². The van der Waals surface area contributed by atoms with Crippen molar-refractivity contribution in [3.05, 3.63) is 0 Å². The lowest BCUT2D eigenvalue weighted by atomic mass is 9.96. The van der Waals surface area contributed by atoms with E-state index in [1.165, 1.54) is 0 Å². The molecular weight excluding hydrogens is 364 g/mol. The second kappa shape index (κ2) is 12.3. The number of aliphatic hydroxyl groups excluding tert-OH is 1. The predicted molar refractivity (Wildman–Crippen MR) is 108 cm³/mol. The molecule has 9 nitrogen and oxygen atoms in total. The van der Waals surface area contributed by atoms with Crippen molar-refractivity contribution in [2.24, 2.45) is 5.41 Å². The average Bonchev–Trinajstić information content (AvgIpc) is 2.55. The van der Waals surface area contributed by atoms with E-state index in [0.717, 1.165) is 19.6 Å². The molecule has 0 aromatic carbocycles. The quantitative estimate of drug-likeness (QED) is 0.515. The highest BCUT2D eigenvalue weighted by atomic mass is 16.4. The summed E-state index contributed by atoms with van der Waals surface area (Å²) in [5.74, 6) is -1.67. The fourth-order valence-electron chi connectivity index (χ4n) is 3.47. The van der Waals surface area contributed by atoms with Crippen LogP contribution in [0.2, 0.25) is 0 Å². The van der Waals surface area contributed by atoms with Gasteiger partial charge in [0.25, 0.3) is 0 Å². The molecule has 3 N–H and O–H groups in total. The Labute approximate surface area is 168 Å². The Balaban J connectivity index is 2.89. The average molecular weight is 403 g/mol. The minimum Gasteiger partial charge on any atom is -0.480 e. The molecule has 0 unspecified atom stereocenters. The molecule has 0 radical (unpaired) electrons. The van der Waals surface area contributed by atoms with E-state index in [1.807, 2.05) is 9.80 Å². The third-order valence-electron chi connectivity index (χ3n) is 4.76. The maximum atomic E-state index is 11.2. The van der Waals surface area contributed by atoms with Crippen LogP contribution < -0.4 is 0 Å². The lowest BCUT2D eigenvalue weighted by molar-refractivity contribution is -0.139. The molecule has 28 heavy (non-hydrogen) atoms. The van der Waals surface area contributed by atoms with E-state index in [-0.39, 0.29) is 25.1 Å². The second-order valence-corrected chi connectivity index (χ2v) is 8.74. The molecule has 0 spiro atoms. The molecule has 0 aliphatic carbocycles. The van der Waals surface area contributed by atoms with Gasteiger partial charge in [0.2, 0.25) is 0 Å². The molecule has 0 atom stereocenters. The van der Waals surface area contributed by atoms with Gasteiger partial charge in [-0.05, 0) is 5.41 Å². The summed E-state index contributed by atoms with van der Waals surface area (Å²) in [5, 5.41) is 27.8. The Kier molecular flexibility index (Phi) is 10.9. The molecule has 1 saturated heterocycles. The van der Waals surface area contributed by atoms with Crippen LogP contribution in [-0.4, -0.2) is 132 Å². The zero-order valence-electron chi connectivity index (χ0n) is 17.6. The molecule has 1 rings (SSSR count). The maximum Gasteiger partial charge on any atom is 0.317 e. The number of aliphatic hydroxyl groups is 1. The molecule has 1 fully saturated rings. The zero-order valence-corrected chi connectivity index (χ0v) is 17.6. The Hall–Kier alpha value is -1.26. The smallest absolute Gasteiger partial charge is 0.317 e. The number of aliphatic carboxylic acids is 2. The molecule has 0 aromatic rings. The highest BCUT2D eigenvalue weighted by Gasteiger charge is 2.21. The Morgan fingerprint density at radius 2 is 1.07 bits per heavy atom. The van der Waals surface area contributed by atoms with Gasteiger partial charge < -0.3 is 20.2 Å². The Bertz CT molecular complexity index is 451. The van der Waals surface area contributed by atoms with Crippen molar-refractivity contribution < 1.29 is 24.9 Å². The minimum atomic E-state index is -0.837. The van der Waals surface area contributed by atoms with Crippen molar-refractivity contribution in [3.8, 4) is 0 Å². The summed E-state index contributed by atoms with van der Waals surface area (Å²) in [7, 11) is 0. The third kappa shape index (κ3) is 11.6. The normalized spacial score (nSPS) is 20.4. The molecule has 1 aliphatic rings. The van der Waals surface area contributed by atoms with Crippen LogP contribution >= 0.6 is 0 Å². The Morgan fingerprint density at radius 3 is 1.39 bits per heavy atom. The fraction of sp³-hybridized carbons (Fsp3) is 0.895. The van der Waals surface area contributed by atoms with Crippen molar-refractivity contribution in [2.45, 2.75) is 20.8 Å². The fourth-order valence-corrected chi connectivity index (χ4v) is 3.47. The number of nitrogens with zero attached hydrogens (tertiary/aromatic N) is 4. The molecular formula is C19H38N4O5. The van der Waals surface area contributed by atoms with Crippen LogP contribution in [0.5, 0.6) is 0 Å². The van der Waals surface area contributed by atoms with E-state index in [9.17, 15) is 24.9 Å². The largest absolute Gasteiger partial charge is 0.480 e. The van der Waals surface area contributed by atoms with E-state index in [2.05, 4.69) is 30.6 Å². The van der Waals surface area contributed by atoms with Gasteiger partial charge in [-0.2, -0.15) is 0 Å². The topological polar surface area (TPSA) is 108 Å². The summed E-state index contributed by atoms with van der Waals surface area (Å²) < 4.78 is 0. The van der Waals surface area contributed by atoms with E-state index in [4.69, 9.17) is 0 Å². The minimum absolute atomic E-state index is 0.00145. The molecule has 164 valence electrons. The lowest BCUT2D eigenvalue weighted by Gasteiger charge is -2.35. The van der Waals surface area contributed by atoms with Gasteiger partial charge in [0.1, 0.15) is 0 Å². The van der Waals surface area contributed by atoms with Gasteiger partial charge in [0.05, 0.1) is 19.7 Å². The van der Waals surface area contributed by atoms with Crippen molar-refractivity contribution in [1.82, 2.24) is 19.6 Å². The summed E-state index contributed by atoms with van der Waals surface area (Å²) in [5.41, 5.74) is 0.101. The molecule has 1 aliphatic heterocycles. The molecule has 0 saturated carbocycles. The van der Waals surface area contributed by atoms with Gasteiger partial charge in [-0.1, -0.05) is 20.8 Å². The Morgan fingerprint density at radius 1 is 0.714 bits per heavy atom. The third-order valence-corrected chi connectivity index (χ3v) is 4.76. The number of β-amino-alcohol motifs (C(OH)–C–C–N with tert-alkyl or cyclic N) is 1. The monoisotopic (exact) mass is 402 g/mol. The summed E-state index contributed by atoms with van der Waals surface area (Å²) in [6, 6.07) is 0. The summed E-state index contributed by atoms with van der Waals surface area (Å²) in [6.07, 6.45) is 0. The zero-order chi connectivity index (χ0) is 21.2. The predicted octanol–water partition coefficient (Wildman–Crippen LogP) is -0.584. The van der Waals surface area contributed by atoms with Crippen molar-refractivity contribution in [1.29, 1.82) is 0 Å². The molecule has 0 aromatic heterocycles. The molecule has 0 bridgehead atoms. The van der Waals surface area contributed by atoms with E-state index in [1.54, 1.807) is 0 Å². The van der Waals surface area contributed by atoms with Gasteiger partial charge in [-0.25, -0.2) is 0 Å². The van der Waals surface area contributed by atoms with Gasteiger partial charge in [-0.15, -0.1) is 0 Å². The SMILES string of the molecule is CC(C)(C)CN1CCN(CC(=O)O)CCN(CCO)CCN(CC(=O)O)CC1. The maximum absolute atomic E-state index is 11.2. The first-order valence-electron chi connectivity index (χ1n) is 10.0. The van der Waals surface area contributed by atoms with Crippen LogP contribution in [0.15, 0.2) is 0 Å². The van der Waals surface area contributed by atoms with Crippen LogP contribution in [0.3, 0.4) is 0 Å². The van der Waals surface area contributed by atoms with Crippen LogP contribution in [-0.2, 0) is 9.59 Å². The summed E-state index contributed by atoms with van der Waals surface area (Å²) in [4.78, 5) is 30.7. The van der Waals surface area contributed by atoms with E-state index in [0.29, 0.717) is 45.8 Å². The first-order valence-corrected chi connectivity index (χ1v) is 10.0. The van der Waals surface area contributed by atoms with Crippen LogP contribution in [0, 0.1) is 5.41 Å². The molecule has 1 heterocycles. The highest BCUT2D eigenvalue weighted by molar-refractivity contribution is 5.69. The highest BCUT2D eigenvalue weighted by Crippen LogP contribution is 2.15. The van der Waals surface area contributed by atoms with Gasteiger partial charge >= 0.3 is 11.9 Å². The number of hydrogen-bond donors (Lipinski definition) is 3. The van der Waals surface area contributed by atoms with Gasteiger partial charge in [0, 0.05) is 65.4 Å². The van der Waals surface area contributed by atoms with E-state index >= 15 is 0 Å². The number of carboxylic acids is 2. The summed E-state index contributed by atoms with van der Waals surface area (Å²) in [6.45, 7) is 13.2. The van der Waals surface area contributed by atoms with Crippen molar-refractivity contribution in [3.63, 3.8) is 0 Å². The van der Waals surface area contributed by atoms with Crippen LogP contribution in [0.4, 0.5) is 0 Å². The number of carbonyl (C=O) groups is 2. The molecule has 0 amide bonds. The lowest BCUT2D eigenvalue weighted by Crippen LogP contribution is -2.49. The number of rotatable bonds is 7. The van der Waals surface area contributed by atoms with Gasteiger partial charge in [-0.3, -0.25) is 24.3 Å². The first-order chi connectivity index (χ1) is 13.1. The summed E-state index contributed by atoms with van der Waals surface area (Å²) >= 11 is 0. The standard InChI is InChI=1S/C19H38N4O5/c1-19(2,3)16-23-10-8-21(14-17(25)26)6-4-20(12-13-24)5-7-22(9-11-23)15-18(27)28/h24H,4-16H2,1-3H3,(H,25,26)(H,27,28). The molecule has 9 heteroatoms. The number of hydrogen-bond acceptors (Lipinski definition) is 7. The van der Waals surface area contributed by atoms with Crippen molar-refractivity contribution in [2.75, 3.05) is 85.1 Å². The van der Waals surface area contributed by atoms with Crippen molar-refractivity contribution >= 4 is 11.9 Å².